The molecule has 0 aliphatic carbocycles. The lowest BCUT2D eigenvalue weighted by Crippen LogP contribution is -2.28. The molecule has 0 aliphatic heterocycles. The maximum absolute atomic E-state index is 12.3. The fourth-order valence-corrected chi connectivity index (χ4v) is 2.40. The molecule has 0 fully saturated rings. The first-order chi connectivity index (χ1) is 13.1. The standard InChI is InChI=1S/C19H23N3O5/c1-3-12-27-17-9-8-14(13-18(17)26-2)19(23)21-11-10-20-15-6-4-5-7-16(15)22(24)25/h4-9,13,20H,3,10-12H2,1-2H3,(H,21,23). The van der Waals surface area contributed by atoms with Crippen LogP contribution in [0.25, 0.3) is 0 Å². The Morgan fingerprint density at radius 2 is 1.93 bits per heavy atom. The maximum atomic E-state index is 12.3. The molecule has 2 aromatic rings. The van der Waals surface area contributed by atoms with Crippen LogP contribution in [0, 0.1) is 10.1 Å². The molecule has 2 N–H and O–H groups in total. The summed E-state index contributed by atoms with van der Waals surface area (Å²) in [6.07, 6.45) is 0.873. The Kier molecular flexibility index (Phi) is 7.42. The second-order valence-corrected chi connectivity index (χ2v) is 5.67. The van der Waals surface area contributed by atoms with Crippen LogP contribution in [0.5, 0.6) is 11.5 Å². The van der Waals surface area contributed by atoms with E-state index in [-0.39, 0.29) is 11.6 Å². The molecule has 0 heterocycles. The minimum absolute atomic E-state index is 0.00349. The number of nitro groups is 1. The number of rotatable bonds is 10. The highest BCUT2D eigenvalue weighted by molar-refractivity contribution is 5.94. The van der Waals surface area contributed by atoms with Crippen molar-refractivity contribution in [3.05, 3.63) is 58.1 Å². The van der Waals surface area contributed by atoms with E-state index in [0.29, 0.717) is 42.4 Å². The number of nitrogens with zero attached hydrogens (tertiary/aromatic N) is 1. The van der Waals surface area contributed by atoms with Gasteiger partial charge in [0.25, 0.3) is 11.6 Å². The molecule has 0 atom stereocenters. The molecular weight excluding hydrogens is 350 g/mol. The van der Waals surface area contributed by atoms with Gasteiger partial charge in [0.2, 0.25) is 0 Å². The molecule has 1 amide bonds. The normalized spacial score (nSPS) is 10.1. The van der Waals surface area contributed by atoms with E-state index in [0.717, 1.165) is 6.42 Å². The molecule has 0 saturated carbocycles. The van der Waals surface area contributed by atoms with Crippen LogP contribution in [-0.4, -0.2) is 37.6 Å². The first-order valence-electron chi connectivity index (χ1n) is 8.63. The third-order valence-corrected chi connectivity index (χ3v) is 3.71. The van der Waals surface area contributed by atoms with E-state index in [1.807, 2.05) is 6.92 Å². The van der Waals surface area contributed by atoms with E-state index in [4.69, 9.17) is 9.47 Å². The summed E-state index contributed by atoms with van der Waals surface area (Å²) in [5.41, 5.74) is 0.855. The number of carbonyl (C=O) groups is 1. The third kappa shape index (κ3) is 5.60. The van der Waals surface area contributed by atoms with Gasteiger partial charge in [-0.15, -0.1) is 0 Å². The van der Waals surface area contributed by atoms with Crippen LogP contribution < -0.4 is 20.1 Å². The smallest absolute Gasteiger partial charge is 0.292 e. The summed E-state index contributed by atoms with van der Waals surface area (Å²) < 4.78 is 10.8. The van der Waals surface area contributed by atoms with Gasteiger partial charge >= 0.3 is 0 Å². The summed E-state index contributed by atoms with van der Waals surface area (Å²) in [7, 11) is 1.52. The molecular formula is C19H23N3O5. The van der Waals surface area contributed by atoms with E-state index in [1.54, 1.807) is 36.4 Å². The molecule has 0 aliphatic rings. The van der Waals surface area contributed by atoms with Gasteiger partial charge in [-0.2, -0.15) is 0 Å². The number of ether oxygens (including phenoxy) is 2. The average molecular weight is 373 g/mol. The monoisotopic (exact) mass is 373 g/mol. The quantitative estimate of drug-likeness (QED) is 0.376. The van der Waals surface area contributed by atoms with Crippen LogP contribution >= 0.6 is 0 Å². The van der Waals surface area contributed by atoms with Gasteiger partial charge in [0.1, 0.15) is 5.69 Å². The molecule has 27 heavy (non-hydrogen) atoms. The van der Waals surface area contributed by atoms with Gasteiger partial charge in [-0.3, -0.25) is 14.9 Å². The molecule has 8 nitrogen and oxygen atoms in total. The molecule has 0 saturated heterocycles. The number of para-hydroxylation sites is 2. The number of hydrogen-bond donors (Lipinski definition) is 2. The molecule has 0 radical (unpaired) electrons. The Morgan fingerprint density at radius 1 is 1.15 bits per heavy atom. The van der Waals surface area contributed by atoms with E-state index in [1.165, 1.54) is 13.2 Å². The molecule has 2 aromatic carbocycles. The van der Waals surface area contributed by atoms with Crippen LogP contribution in [0.15, 0.2) is 42.5 Å². The Balaban J connectivity index is 1.90. The fraction of sp³-hybridized carbons (Fsp3) is 0.316. The summed E-state index contributed by atoms with van der Waals surface area (Å²) >= 11 is 0. The first kappa shape index (κ1) is 20.0. The number of benzene rings is 2. The Bertz CT molecular complexity index is 795. The SMILES string of the molecule is CCCOc1ccc(C(=O)NCCNc2ccccc2[N+](=O)[O-])cc1OC. The highest BCUT2D eigenvalue weighted by Gasteiger charge is 2.13. The minimum Gasteiger partial charge on any atom is -0.493 e. The van der Waals surface area contributed by atoms with Gasteiger partial charge < -0.3 is 20.1 Å². The molecule has 0 spiro atoms. The molecule has 0 unspecified atom stereocenters. The van der Waals surface area contributed by atoms with Gasteiger partial charge in [-0.25, -0.2) is 0 Å². The zero-order chi connectivity index (χ0) is 19.6. The van der Waals surface area contributed by atoms with Crippen molar-refractivity contribution in [2.75, 3.05) is 32.1 Å². The molecule has 0 bridgehead atoms. The van der Waals surface area contributed by atoms with Crippen molar-refractivity contribution in [2.45, 2.75) is 13.3 Å². The Morgan fingerprint density at radius 3 is 2.63 bits per heavy atom. The van der Waals surface area contributed by atoms with Crippen molar-refractivity contribution in [1.29, 1.82) is 0 Å². The van der Waals surface area contributed by atoms with Crippen LogP contribution in [0.4, 0.5) is 11.4 Å². The van der Waals surface area contributed by atoms with Gasteiger partial charge in [0.05, 0.1) is 18.6 Å². The second kappa shape index (κ2) is 10.0. The van der Waals surface area contributed by atoms with E-state index in [9.17, 15) is 14.9 Å². The molecule has 144 valence electrons. The first-order valence-corrected chi connectivity index (χ1v) is 8.63. The molecule has 8 heteroatoms. The van der Waals surface area contributed by atoms with Gasteiger partial charge in [0.15, 0.2) is 11.5 Å². The number of hydrogen-bond acceptors (Lipinski definition) is 6. The summed E-state index contributed by atoms with van der Waals surface area (Å²) in [6.45, 7) is 3.23. The van der Waals surface area contributed by atoms with Gasteiger partial charge in [0, 0.05) is 24.7 Å². The van der Waals surface area contributed by atoms with E-state index in [2.05, 4.69) is 10.6 Å². The van der Waals surface area contributed by atoms with Crippen LogP contribution in [0.1, 0.15) is 23.7 Å². The van der Waals surface area contributed by atoms with Crippen LogP contribution in [0.2, 0.25) is 0 Å². The third-order valence-electron chi connectivity index (χ3n) is 3.71. The number of amides is 1. The van der Waals surface area contributed by atoms with Crippen molar-refractivity contribution in [2.24, 2.45) is 0 Å². The topological polar surface area (TPSA) is 103 Å². The van der Waals surface area contributed by atoms with Crippen molar-refractivity contribution in [3.8, 4) is 11.5 Å². The van der Waals surface area contributed by atoms with Crippen molar-refractivity contribution in [3.63, 3.8) is 0 Å². The highest BCUT2D eigenvalue weighted by Crippen LogP contribution is 2.28. The van der Waals surface area contributed by atoms with E-state index < -0.39 is 4.92 Å². The maximum Gasteiger partial charge on any atom is 0.292 e. The van der Waals surface area contributed by atoms with Crippen molar-refractivity contribution < 1.29 is 19.2 Å². The average Bonchev–Trinajstić information content (AvgIpc) is 2.69. The van der Waals surface area contributed by atoms with Crippen LogP contribution in [0.3, 0.4) is 0 Å². The minimum atomic E-state index is -0.449. The number of carbonyl (C=O) groups excluding carboxylic acids is 1. The summed E-state index contributed by atoms with van der Waals surface area (Å²) in [6, 6.07) is 11.4. The summed E-state index contributed by atoms with van der Waals surface area (Å²) in [5, 5.41) is 16.7. The van der Waals surface area contributed by atoms with Crippen molar-refractivity contribution in [1.82, 2.24) is 5.32 Å². The zero-order valence-electron chi connectivity index (χ0n) is 15.4. The summed E-state index contributed by atoms with van der Waals surface area (Å²) in [4.78, 5) is 22.8. The summed E-state index contributed by atoms with van der Waals surface area (Å²) in [5.74, 6) is 0.822. The van der Waals surface area contributed by atoms with Gasteiger partial charge in [-0.1, -0.05) is 19.1 Å². The predicted octanol–water partition coefficient (Wildman–Crippen LogP) is 3.23. The van der Waals surface area contributed by atoms with Crippen molar-refractivity contribution >= 4 is 17.3 Å². The predicted molar refractivity (Wildman–Crippen MR) is 103 cm³/mol. The number of nitro benzene ring substituents is 1. The Labute approximate surface area is 157 Å². The fourth-order valence-electron chi connectivity index (χ4n) is 2.40. The lowest BCUT2D eigenvalue weighted by atomic mass is 10.2. The number of methoxy groups -OCH3 is 1. The largest absolute Gasteiger partial charge is 0.493 e. The zero-order valence-corrected chi connectivity index (χ0v) is 15.4. The van der Waals surface area contributed by atoms with E-state index >= 15 is 0 Å². The lowest BCUT2D eigenvalue weighted by molar-refractivity contribution is -0.384. The Hall–Kier alpha value is -3.29. The second-order valence-electron chi connectivity index (χ2n) is 5.67. The molecule has 0 aromatic heterocycles. The van der Waals surface area contributed by atoms with Gasteiger partial charge in [-0.05, 0) is 30.7 Å². The number of anilines is 1. The van der Waals surface area contributed by atoms with Crippen LogP contribution in [-0.2, 0) is 0 Å². The highest BCUT2D eigenvalue weighted by atomic mass is 16.6. The lowest BCUT2D eigenvalue weighted by Gasteiger charge is -2.12. The number of nitrogens with one attached hydrogen (secondary N) is 2. The molecule has 2 rings (SSSR count).